The van der Waals surface area contributed by atoms with Crippen molar-refractivity contribution in [2.24, 2.45) is 0 Å². The van der Waals surface area contributed by atoms with Gasteiger partial charge >= 0.3 is 7.82 Å². The Morgan fingerprint density at radius 3 is 1.24 bits per heavy atom. The second-order valence-electron chi connectivity index (χ2n) is 20.0. The Balaban J connectivity index is 4.21. The van der Waals surface area contributed by atoms with Crippen molar-refractivity contribution in [3.8, 4) is 0 Å². The summed E-state index contributed by atoms with van der Waals surface area (Å²) in [6.07, 6.45) is 53.9. The van der Waals surface area contributed by atoms with E-state index in [-0.39, 0.29) is 19.1 Å². The van der Waals surface area contributed by atoms with Gasteiger partial charge in [0.25, 0.3) is 0 Å². The molecule has 0 radical (unpaired) electrons. The Morgan fingerprint density at radius 1 is 0.532 bits per heavy atom. The number of likely N-dealkylation sites (N-methyl/N-ethyl adjacent to an activating group) is 1. The fraction of sp³-hybridized carbons (Fsp3) is 0.943. The summed E-state index contributed by atoms with van der Waals surface area (Å²) < 4.78 is 23.7. The zero-order valence-corrected chi connectivity index (χ0v) is 43.0. The minimum Gasteiger partial charge on any atom is -0.391 e. The SMILES string of the molecule is CCCCCCCCCCC/C=C\CCCCCCCC(=O)NC(COP(=O)(O)OCC[N+](C)(C)C)C(O)CCCCCCCCCCCCCCCCCCCCCCCC. The third kappa shape index (κ3) is 47.2. The highest BCUT2D eigenvalue weighted by molar-refractivity contribution is 7.47. The molecule has 62 heavy (non-hydrogen) atoms. The van der Waals surface area contributed by atoms with E-state index in [0.29, 0.717) is 23.9 Å². The molecule has 0 aromatic heterocycles. The van der Waals surface area contributed by atoms with Crippen molar-refractivity contribution < 1.29 is 32.9 Å². The Morgan fingerprint density at radius 2 is 0.871 bits per heavy atom. The average Bonchev–Trinajstić information content (AvgIpc) is 3.23. The van der Waals surface area contributed by atoms with Crippen molar-refractivity contribution in [1.82, 2.24) is 5.32 Å². The van der Waals surface area contributed by atoms with Crippen LogP contribution in [-0.2, 0) is 18.4 Å². The highest BCUT2D eigenvalue weighted by atomic mass is 31.2. The van der Waals surface area contributed by atoms with E-state index in [2.05, 4.69) is 31.3 Å². The number of allylic oxidation sites excluding steroid dienone is 2. The van der Waals surface area contributed by atoms with E-state index >= 15 is 0 Å². The van der Waals surface area contributed by atoms with Crippen LogP contribution in [0, 0.1) is 0 Å². The number of hydrogen-bond donors (Lipinski definition) is 3. The first-order valence-electron chi connectivity index (χ1n) is 27.1. The Labute approximate surface area is 386 Å². The predicted octanol–water partition coefficient (Wildman–Crippen LogP) is 15.9. The third-order valence-corrected chi connectivity index (χ3v) is 13.5. The van der Waals surface area contributed by atoms with E-state index < -0.39 is 20.0 Å². The molecule has 0 fully saturated rings. The normalized spacial score (nSPS) is 14.1. The largest absolute Gasteiger partial charge is 0.472 e. The smallest absolute Gasteiger partial charge is 0.391 e. The van der Waals surface area contributed by atoms with Crippen LogP contribution in [0.15, 0.2) is 12.2 Å². The van der Waals surface area contributed by atoms with E-state index in [1.165, 1.54) is 199 Å². The Kier molecular flexibility index (Phi) is 44.8. The molecule has 0 rings (SSSR count). The van der Waals surface area contributed by atoms with Crippen LogP contribution < -0.4 is 5.32 Å². The maximum Gasteiger partial charge on any atom is 0.472 e. The summed E-state index contributed by atoms with van der Waals surface area (Å²) in [4.78, 5) is 23.3. The zero-order chi connectivity index (χ0) is 45.7. The highest BCUT2D eigenvalue weighted by Crippen LogP contribution is 2.43. The van der Waals surface area contributed by atoms with Crippen molar-refractivity contribution in [3.63, 3.8) is 0 Å². The van der Waals surface area contributed by atoms with Crippen LogP contribution in [0.4, 0.5) is 0 Å². The number of rotatable bonds is 50. The lowest BCUT2D eigenvalue weighted by molar-refractivity contribution is -0.870. The standard InChI is InChI=1S/C53H107N2O6P/c1-6-8-10-12-14-16-18-20-22-24-26-27-28-29-30-32-34-36-38-40-42-44-46-52(56)51(50-61-62(58,59)60-49-48-55(3,4)5)54-53(57)47-45-43-41-39-37-35-33-31-25-23-21-19-17-15-13-11-9-7-2/h31,33,51-52,56H,6-30,32,34-50H2,1-5H3,(H-,54,57,58,59)/p+1/b33-31-. The minimum absolute atomic E-state index is 0.0754. The van der Waals surface area contributed by atoms with E-state index in [9.17, 15) is 19.4 Å². The number of quaternary nitrogens is 1. The fourth-order valence-corrected chi connectivity index (χ4v) is 8.96. The van der Waals surface area contributed by atoms with Gasteiger partial charge in [0.05, 0.1) is 39.9 Å². The number of unbranched alkanes of at least 4 members (excludes halogenated alkanes) is 35. The highest BCUT2D eigenvalue weighted by Gasteiger charge is 2.28. The number of phosphoric ester groups is 1. The molecule has 0 spiro atoms. The van der Waals surface area contributed by atoms with Gasteiger partial charge in [-0.05, 0) is 38.5 Å². The van der Waals surface area contributed by atoms with Gasteiger partial charge in [0.2, 0.25) is 5.91 Å². The summed E-state index contributed by atoms with van der Waals surface area (Å²) in [6, 6.07) is -0.762. The fourth-order valence-electron chi connectivity index (χ4n) is 8.22. The number of carbonyl (C=O) groups is 1. The number of aliphatic hydroxyl groups is 1. The molecule has 0 aromatic rings. The first kappa shape index (κ1) is 61.2. The van der Waals surface area contributed by atoms with Crippen LogP contribution >= 0.6 is 7.82 Å². The first-order chi connectivity index (χ1) is 30.0. The molecule has 0 bridgehead atoms. The molecule has 370 valence electrons. The van der Waals surface area contributed by atoms with E-state index in [1.807, 2.05) is 21.1 Å². The van der Waals surface area contributed by atoms with Crippen LogP contribution in [0.5, 0.6) is 0 Å². The molecule has 3 N–H and O–H groups in total. The summed E-state index contributed by atoms with van der Waals surface area (Å²) in [6.45, 7) is 4.92. The number of aliphatic hydroxyl groups excluding tert-OH is 1. The van der Waals surface area contributed by atoms with E-state index in [4.69, 9.17) is 9.05 Å². The molecule has 0 aliphatic rings. The van der Waals surface area contributed by atoms with Crippen LogP contribution in [-0.4, -0.2) is 73.4 Å². The molecule has 8 nitrogen and oxygen atoms in total. The molecule has 3 unspecified atom stereocenters. The van der Waals surface area contributed by atoms with Crippen molar-refractivity contribution in [1.29, 1.82) is 0 Å². The lowest BCUT2D eigenvalue weighted by Crippen LogP contribution is -2.46. The molecule has 0 saturated carbocycles. The number of phosphoric acid groups is 1. The lowest BCUT2D eigenvalue weighted by atomic mass is 10.0. The van der Waals surface area contributed by atoms with Gasteiger partial charge in [-0.15, -0.1) is 0 Å². The molecule has 0 aromatic carbocycles. The van der Waals surface area contributed by atoms with Crippen molar-refractivity contribution in [2.45, 2.75) is 283 Å². The number of hydrogen-bond acceptors (Lipinski definition) is 5. The number of nitrogens with one attached hydrogen (secondary N) is 1. The van der Waals surface area contributed by atoms with Gasteiger partial charge in [-0.25, -0.2) is 4.57 Å². The lowest BCUT2D eigenvalue weighted by Gasteiger charge is -2.26. The second kappa shape index (κ2) is 45.4. The number of carbonyl (C=O) groups excluding carboxylic acids is 1. The molecule has 0 saturated heterocycles. The van der Waals surface area contributed by atoms with Gasteiger partial charge < -0.3 is 19.8 Å². The third-order valence-electron chi connectivity index (χ3n) is 12.5. The Bertz CT molecular complexity index is 1020. The maximum atomic E-state index is 13.0. The zero-order valence-electron chi connectivity index (χ0n) is 42.1. The van der Waals surface area contributed by atoms with Crippen molar-refractivity contribution in [2.75, 3.05) is 40.9 Å². The van der Waals surface area contributed by atoms with Gasteiger partial charge in [-0.1, -0.05) is 238 Å². The Hall–Kier alpha value is -0.760. The molecule has 0 aliphatic heterocycles. The monoisotopic (exact) mass is 900 g/mol. The first-order valence-corrected chi connectivity index (χ1v) is 28.5. The summed E-state index contributed by atoms with van der Waals surface area (Å²) in [7, 11) is 1.62. The van der Waals surface area contributed by atoms with Gasteiger partial charge in [0.15, 0.2) is 0 Å². The molecule has 3 atom stereocenters. The van der Waals surface area contributed by atoms with Crippen LogP contribution in [0.2, 0.25) is 0 Å². The topological polar surface area (TPSA) is 105 Å². The second-order valence-corrected chi connectivity index (χ2v) is 21.4. The van der Waals surface area contributed by atoms with Gasteiger partial charge in [-0.3, -0.25) is 13.8 Å². The van der Waals surface area contributed by atoms with Gasteiger partial charge in [0.1, 0.15) is 13.2 Å². The molecule has 0 aliphatic carbocycles. The van der Waals surface area contributed by atoms with Crippen LogP contribution in [0.3, 0.4) is 0 Å². The minimum atomic E-state index is -4.32. The number of amides is 1. The predicted molar refractivity (Wildman–Crippen MR) is 268 cm³/mol. The molecule has 9 heteroatoms. The maximum absolute atomic E-state index is 13.0. The van der Waals surface area contributed by atoms with Gasteiger partial charge in [0, 0.05) is 6.42 Å². The summed E-state index contributed by atoms with van der Waals surface area (Å²) in [5, 5.41) is 14.0. The molecular formula is C53H108N2O6P+. The number of nitrogens with zero attached hydrogens (tertiary/aromatic N) is 1. The van der Waals surface area contributed by atoms with Crippen molar-refractivity contribution in [3.05, 3.63) is 12.2 Å². The quantitative estimate of drug-likeness (QED) is 0.0243. The van der Waals surface area contributed by atoms with E-state index in [1.54, 1.807) is 0 Å². The summed E-state index contributed by atoms with van der Waals surface area (Å²) in [5.41, 5.74) is 0. The summed E-state index contributed by atoms with van der Waals surface area (Å²) >= 11 is 0. The summed E-state index contributed by atoms with van der Waals surface area (Å²) in [5.74, 6) is -0.148. The van der Waals surface area contributed by atoms with Gasteiger partial charge in [-0.2, -0.15) is 0 Å². The molecule has 1 amide bonds. The van der Waals surface area contributed by atoms with Crippen LogP contribution in [0.1, 0.15) is 271 Å². The van der Waals surface area contributed by atoms with E-state index in [0.717, 1.165) is 44.9 Å². The molecule has 0 heterocycles. The van der Waals surface area contributed by atoms with Crippen molar-refractivity contribution >= 4 is 13.7 Å². The molecular weight excluding hydrogens is 792 g/mol. The van der Waals surface area contributed by atoms with Crippen LogP contribution in [0.25, 0.3) is 0 Å². The average molecular weight is 900 g/mol.